The van der Waals surface area contributed by atoms with E-state index in [0.29, 0.717) is 18.7 Å². The van der Waals surface area contributed by atoms with E-state index in [1.54, 1.807) is 7.11 Å². The van der Waals surface area contributed by atoms with Crippen LogP contribution < -0.4 is 5.32 Å². The van der Waals surface area contributed by atoms with E-state index >= 15 is 0 Å². The van der Waals surface area contributed by atoms with Gasteiger partial charge in [-0.2, -0.15) is 0 Å². The molecule has 0 saturated carbocycles. The lowest BCUT2D eigenvalue weighted by atomic mass is 10.1. The minimum absolute atomic E-state index is 0.0950. The fourth-order valence-electron chi connectivity index (χ4n) is 3.86. The quantitative estimate of drug-likeness (QED) is 0.516. The van der Waals surface area contributed by atoms with E-state index in [4.69, 9.17) is 9.72 Å². The third kappa shape index (κ3) is 3.63. The second kappa shape index (κ2) is 8.09. The molecule has 6 heteroatoms. The Labute approximate surface area is 170 Å². The Bertz CT molecular complexity index is 1160. The number of hydrogen-bond acceptors (Lipinski definition) is 3. The molecule has 150 valence electrons. The first-order chi connectivity index (χ1) is 14.1. The molecule has 0 fully saturated rings. The van der Waals surface area contributed by atoms with Crippen molar-refractivity contribution in [3.63, 3.8) is 0 Å². The predicted octanol–water partition coefficient (Wildman–Crippen LogP) is 4.15. The number of ether oxygens (including phenoxy) is 1. The highest BCUT2D eigenvalue weighted by atomic mass is 16.5. The second-order valence-corrected chi connectivity index (χ2v) is 7.40. The number of nitrogens with zero attached hydrogens (tertiary/aromatic N) is 3. The van der Waals surface area contributed by atoms with E-state index in [9.17, 15) is 4.79 Å². The lowest BCUT2D eigenvalue weighted by Crippen LogP contribution is -2.25. The van der Waals surface area contributed by atoms with Gasteiger partial charge in [-0.05, 0) is 44.2 Å². The predicted molar refractivity (Wildman–Crippen MR) is 115 cm³/mol. The lowest BCUT2D eigenvalue weighted by molar-refractivity contribution is 0.0951. The maximum absolute atomic E-state index is 13.0. The molecule has 1 amide bonds. The molecule has 0 aliphatic rings. The molecule has 0 unspecified atom stereocenters. The van der Waals surface area contributed by atoms with Crippen molar-refractivity contribution < 1.29 is 9.53 Å². The number of rotatable bonds is 7. The molecule has 0 saturated heterocycles. The first kappa shape index (κ1) is 19.2. The summed E-state index contributed by atoms with van der Waals surface area (Å²) in [6.45, 7) is 6.02. The van der Waals surface area contributed by atoms with Crippen LogP contribution in [0.1, 0.15) is 36.1 Å². The average molecular weight is 390 g/mol. The number of amides is 1. The summed E-state index contributed by atoms with van der Waals surface area (Å²) in [5.74, 6) is 0.766. The van der Waals surface area contributed by atoms with Gasteiger partial charge in [0.05, 0.1) is 24.2 Å². The van der Waals surface area contributed by atoms with Gasteiger partial charge >= 0.3 is 0 Å². The monoisotopic (exact) mass is 390 g/mol. The third-order valence-corrected chi connectivity index (χ3v) is 5.19. The highest BCUT2D eigenvalue weighted by Crippen LogP contribution is 2.22. The molecular weight excluding hydrogens is 364 g/mol. The summed E-state index contributed by atoms with van der Waals surface area (Å²) in [6, 6.07) is 16.1. The number of hydrogen-bond donors (Lipinski definition) is 1. The number of para-hydroxylation sites is 2. The van der Waals surface area contributed by atoms with Crippen LogP contribution in [0.25, 0.3) is 21.9 Å². The van der Waals surface area contributed by atoms with Crippen LogP contribution in [0.3, 0.4) is 0 Å². The number of carbonyl (C=O) groups is 1. The van der Waals surface area contributed by atoms with Crippen molar-refractivity contribution in [3.8, 4) is 0 Å². The van der Waals surface area contributed by atoms with E-state index in [1.165, 1.54) is 0 Å². The van der Waals surface area contributed by atoms with Crippen molar-refractivity contribution in [1.82, 2.24) is 19.4 Å². The van der Waals surface area contributed by atoms with Gasteiger partial charge in [0.15, 0.2) is 0 Å². The van der Waals surface area contributed by atoms with Crippen LogP contribution in [0.2, 0.25) is 0 Å². The molecular formula is C23H26N4O2. The van der Waals surface area contributed by atoms with Crippen LogP contribution in [0, 0.1) is 0 Å². The summed E-state index contributed by atoms with van der Waals surface area (Å²) in [5, 5.41) is 4.00. The first-order valence-electron chi connectivity index (χ1n) is 9.91. The summed E-state index contributed by atoms with van der Waals surface area (Å²) in [4.78, 5) is 17.7. The Morgan fingerprint density at radius 1 is 1.10 bits per heavy atom. The normalized spacial score (nSPS) is 11.6. The summed E-state index contributed by atoms with van der Waals surface area (Å²) in [5.41, 5.74) is 3.74. The molecule has 2 aromatic heterocycles. The molecule has 2 aromatic carbocycles. The maximum Gasteiger partial charge on any atom is 0.252 e. The number of aromatic nitrogens is 3. The van der Waals surface area contributed by atoms with E-state index in [0.717, 1.165) is 34.3 Å². The van der Waals surface area contributed by atoms with Crippen LogP contribution in [0.4, 0.5) is 0 Å². The number of benzene rings is 2. The van der Waals surface area contributed by atoms with Crippen molar-refractivity contribution in [2.24, 2.45) is 0 Å². The van der Waals surface area contributed by atoms with Crippen molar-refractivity contribution in [2.75, 3.05) is 13.7 Å². The minimum Gasteiger partial charge on any atom is -0.383 e. The number of imidazole rings is 1. The van der Waals surface area contributed by atoms with E-state index in [1.807, 2.05) is 48.7 Å². The summed E-state index contributed by atoms with van der Waals surface area (Å²) in [6.07, 6.45) is 2.00. The average Bonchev–Trinajstić information content (AvgIpc) is 3.31. The lowest BCUT2D eigenvalue weighted by Gasteiger charge is -2.14. The van der Waals surface area contributed by atoms with Gasteiger partial charge in [-0.3, -0.25) is 4.79 Å². The summed E-state index contributed by atoms with van der Waals surface area (Å²) < 4.78 is 9.46. The number of fused-ring (bicyclic) bond motifs is 2. The molecule has 0 bridgehead atoms. The fourth-order valence-corrected chi connectivity index (χ4v) is 3.86. The molecule has 4 rings (SSSR count). The first-order valence-corrected chi connectivity index (χ1v) is 9.91. The molecule has 0 radical (unpaired) electrons. The highest BCUT2D eigenvalue weighted by molar-refractivity contribution is 6.06. The molecule has 4 aromatic rings. The molecule has 0 atom stereocenters. The van der Waals surface area contributed by atoms with Gasteiger partial charge in [0, 0.05) is 42.4 Å². The molecule has 1 N–H and O–H groups in total. The zero-order chi connectivity index (χ0) is 20.4. The van der Waals surface area contributed by atoms with Gasteiger partial charge in [0.25, 0.3) is 5.91 Å². The Kier molecular flexibility index (Phi) is 5.36. The Morgan fingerprint density at radius 3 is 2.69 bits per heavy atom. The molecule has 29 heavy (non-hydrogen) atoms. The van der Waals surface area contributed by atoms with Gasteiger partial charge in [0.2, 0.25) is 0 Å². The Morgan fingerprint density at radius 2 is 1.90 bits per heavy atom. The van der Waals surface area contributed by atoms with Gasteiger partial charge in [-0.15, -0.1) is 0 Å². The highest BCUT2D eigenvalue weighted by Gasteiger charge is 2.16. The van der Waals surface area contributed by atoms with E-state index < -0.39 is 0 Å². The fraction of sp³-hybridized carbons (Fsp3) is 0.304. The van der Waals surface area contributed by atoms with Gasteiger partial charge in [-0.1, -0.05) is 18.2 Å². The van der Waals surface area contributed by atoms with Gasteiger partial charge in [-0.25, -0.2) is 4.98 Å². The van der Waals surface area contributed by atoms with Crippen LogP contribution >= 0.6 is 0 Å². The molecule has 0 spiro atoms. The number of carbonyl (C=O) groups excluding carboxylic acids is 1. The third-order valence-electron chi connectivity index (χ3n) is 5.19. The zero-order valence-electron chi connectivity index (χ0n) is 17.1. The second-order valence-electron chi connectivity index (χ2n) is 7.40. The molecule has 6 nitrogen and oxygen atoms in total. The van der Waals surface area contributed by atoms with Gasteiger partial charge in [0.1, 0.15) is 5.82 Å². The van der Waals surface area contributed by atoms with Crippen LogP contribution in [0.15, 0.2) is 54.7 Å². The van der Waals surface area contributed by atoms with Crippen molar-refractivity contribution >= 4 is 27.8 Å². The smallest absolute Gasteiger partial charge is 0.252 e. The maximum atomic E-state index is 13.0. The van der Waals surface area contributed by atoms with E-state index in [-0.39, 0.29) is 11.9 Å². The Hall–Kier alpha value is -3.12. The van der Waals surface area contributed by atoms with Gasteiger partial charge < -0.3 is 19.2 Å². The largest absolute Gasteiger partial charge is 0.383 e. The Balaban J connectivity index is 1.59. The van der Waals surface area contributed by atoms with Crippen molar-refractivity contribution in [3.05, 3.63) is 66.1 Å². The van der Waals surface area contributed by atoms with E-state index in [2.05, 4.69) is 34.4 Å². The SMILES string of the molecule is COCCn1ccc2c(C(=O)NCc3nc4ccccc4n3C(C)C)cccc21. The van der Waals surface area contributed by atoms with Crippen LogP contribution in [-0.2, 0) is 17.8 Å². The number of nitrogens with one attached hydrogen (secondary N) is 1. The molecule has 0 aliphatic heterocycles. The molecule has 2 heterocycles. The topological polar surface area (TPSA) is 61.1 Å². The summed E-state index contributed by atoms with van der Waals surface area (Å²) in [7, 11) is 1.69. The summed E-state index contributed by atoms with van der Waals surface area (Å²) >= 11 is 0. The van der Waals surface area contributed by atoms with Crippen LogP contribution in [-0.4, -0.2) is 33.7 Å². The number of methoxy groups -OCH3 is 1. The van der Waals surface area contributed by atoms with Crippen molar-refractivity contribution in [2.45, 2.75) is 33.0 Å². The van der Waals surface area contributed by atoms with Crippen LogP contribution in [0.5, 0.6) is 0 Å². The standard InChI is InChI=1S/C23H26N4O2/c1-16(2)27-21-9-5-4-8-19(21)25-22(27)15-24-23(28)18-7-6-10-20-17(18)11-12-26(20)13-14-29-3/h4-12,16H,13-15H2,1-3H3,(H,24,28). The minimum atomic E-state index is -0.0950. The molecule has 0 aliphatic carbocycles. The van der Waals surface area contributed by atoms with Crippen molar-refractivity contribution in [1.29, 1.82) is 0 Å². The zero-order valence-corrected chi connectivity index (χ0v) is 17.1.